The van der Waals surface area contributed by atoms with Gasteiger partial charge in [-0.15, -0.1) is 0 Å². The van der Waals surface area contributed by atoms with E-state index in [9.17, 15) is 13.6 Å². The Morgan fingerprint density at radius 1 is 1.24 bits per heavy atom. The fraction of sp³-hybridized carbons (Fsp3) is 0.364. The summed E-state index contributed by atoms with van der Waals surface area (Å²) in [4.78, 5) is 13.4. The molecule has 6 heteroatoms. The van der Waals surface area contributed by atoms with Gasteiger partial charge in [-0.25, -0.2) is 8.78 Å². The van der Waals surface area contributed by atoms with Crippen LogP contribution in [0.3, 0.4) is 0 Å². The molecule has 1 saturated heterocycles. The zero-order valence-electron chi connectivity index (χ0n) is 8.88. The van der Waals surface area contributed by atoms with Crippen LogP contribution in [-0.4, -0.2) is 37.1 Å². The van der Waals surface area contributed by atoms with Crippen LogP contribution in [0.25, 0.3) is 0 Å². The van der Waals surface area contributed by atoms with Crippen molar-refractivity contribution in [1.82, 2.24) is 4.90 Å². The molecule has 1 aliphatic rings. The SMILES string of the molecule is O=C(c1cc(Cl)c(F)cc1F)N1CCOCC1. The average molecular weight is 262 g/mol. The standard InChI is InChI=1S/C11H10ClF2NO2/c12-8-5-7(9(13)6-10(8)14)11(16)15-1-3-17-4-2-15/h5-6H,1-4H2. The Morgan fingerprint density at radius 3 is 2.53 bits per heavy atom. The van der Waals surface area contributed by atoms with Crippen LogP contribution in [-0.2, 0) is 4.74 Å². The van der Waals surface area contributed by atoms with E-state index in [1.807, 2.05) is 0 Å². The van der Waals surface area contributed by atoms with Crippen LogP contribution in [0.2, 0.25) is 5.02 Å². The van der Waals surface area contributed by atoms with Gasteiger partial charge < -0.3 is 9.64 Å². The van der Waals surface area contributed by atoms with Gasteiger partial charge in [-0.3, -0.25) is 4.79 Å². The van der Waals surface area contributed by atoms with Gasteiger partial charge in [0.15, 0.2) is 0 Å². The lowest BCUT2D eigenvalue weighted by Crippen LogP contribution is -2.41. The zero-order chi connectivity index (χ0) is 12.4. The molecule has 0 aliphatic carbocycles. The second-order valence-electron chi connectivity index (χ2n) is 3.65. The number of nitrogens with zero attached hydrogens (tertiary/aromatic N) is 1. The van der Waals surface area contributed by atoms with E-state index in [0.717, 1.165) is 6.07 Å². The summed E-state index contributed by atoms with van der Waals surface area (Å²) in [5, 5.41) is -0.261. The Hall–Kier alpha value is -1.20. The number of hydrogen-bond acceptors (Lipinski definition) is 2. The van der Waals surface area contributed by atoms with Crippen molar-refractivity contribution in [1.29, 1.82) is 0 Å². The van der Waals surface area contributed by atoms with Crippen LogP contribution in [0, 0.1) is 11.6 Å². The highest BCUT2D eigenvalue weighted by Crippen LogP contribution is 2.21. The highest BCUT2D eigenvalue weighted by molar-refractivity contribution is 6.31. The number of morpholine rings is 1. The Morgan fingerprint density at radius 2 is 1.88 bits per heavy atom. The first-order valence-electron chi connectivity index (χ1n) is 5.11. The van der Waals surface area contributed by atoms with Gasteiger partial charge in [-0.1, -0.05) is 11.6 Å². The van der Waals surface area contributed by atoms with E-state index in [2.05, 4.69) is 0 Å². The van der Waals surface area contributed by atoms with Gasteiger partial charge in [0.2, 0.25) is 0 Å². The zero-order valence-corrected chi connectivity index (χ0v) is 9.64. The monoisotopic (exact) mass is 261 g/mol. The molecule has 0 atom stereocenters. The Labute approximate surface area is 102 Å². The molecule has 1 heterocycles. The predicted molar refractivity (Wildman–Crippen MR) is 58.1 cm³/mol. The van der Waals surface area contributed by atoms with Crippen molar-refractivity contribution < 1.29 is 18.3 Å². The number of halogens is 3. The van der Waals surface area contributed by atoms with Gasteiger partial charge in [0.05, 0.1) is 23.8 Å². The Kier molecular flexibility index (Phi) is 3.59. The lowest BCUT2D eigenvalue weighted by Gasteiger charge is -2.27. The largest absolute Gasteiger partial charge is 0.378 e. The smallest absolute Gasteiger partial charge is 0.257 e. The van der Waals surface area contributed by atoms with Gasteiger partial charge in [0.1, 0.15) is 11.6 Å². The van der Waals surface area contributed by atoms with Crippen molar-refractivity contribution in [3.8, 4) is 0 Å². The topological polar surface area (TPSA) is 29.5 Å². The number of ether oxygens (including phenoxy) is 1. The Bertz CT molecular complexity index is 447. The highest BCUT2D eigenvalue weighted by atomic mass is 35.5. The summed E-state index contributed by atoms with van der Waals surface area (Å²) in [5.74, 6) is -2.27. The summed E-state index contributed by atoms with van der Waals surface area (Å²) in [5.41, 5.74) is -0.210. The third-order valence-corrected chi connectivity index (χ3v) is 2.83. The van der Waals surface area contributed by atoms with E-state index in [-0.39, 0.29) is 10.6 Å². The van der Waals surface area contributed by atoms with E-state index in [1.54, 1.807) is 0 Å². The van der Waals surface area contributed by atoms with Gasteiger partial charge in [-0.2, -0.15) is 0 Å². The fourth-order valence-electron chi connectivity index (χ4n) is 1.62. The van der Waals surface area contributed by atoms with Crippen molar-refractivity contribution in [2.24, 2.45) is 0 Å². The molecule has 0 unspecified atom stereocenters. The molecule has 2 rings (SSSR count). The molecular formula is C11H10ClF2NO2. The summed E-state index contributed by atoms with van der Waals surface area (Å²) >= 11 is 5.53. The summed E-state index contributed by atoms with van der Waals surface area (Å²) in [6.07, 6.45) is 0. The van der Waals surface area contributed by atoms with Gasteiger partial charge in [0.25, 0.3) is 5.91 Å². The highest BCUT2D eigenvalue weighted by Gasteiger charge is 2.22. The third-order valence-electron chi connectivity index (χ3n) is 2.54. The molecular weight excluding hydrogens is 252 g/mol. The average Bonchev–Trinajstić information content (AvgIpc) is 2.34. The van der Waals surface area contributed by atoms with E-state index in [1.165, 1.54) is 4.90 Å². The van der Waals surface area contributed by atoms with E-state index in [4.69, 9.17) is 16.3 Å². The lowest BCUT2D eigenvalue weighted by molar-refractivity contribution is 0.0300. The van der Waals surface area contributed by atoms with Crippen molar-refractivity contribution in [2.45, 2.75) is 0 Å². The normalized spacial score (nSPS) is 16.1. The van der Waals surface area contributed by atoms with E-state index < -0.39 is 17.5 Å². The minimum absolute atomic E-state index is 0.210. The summed E-state index contributed by atoms with van der Waals surface area (Å²) in [6, 6.07) is 1.64. The van der Waals surface area contributed by atoms with Crippen LogP contribution in [0.4, 0.5) is 8.78 Å². The number of benzene rings is 1. The predicted octanol–water partition coefficient (Wildman–Crippen LogP) is 2.09. The molecule has 1 aromatic rings. The third kappa shape index (κ3) is 2.56. The minimum atomic E-state index is -0.900. The van der Waals surface area contributed by atoms with Crippen LogP contribution in [0.5, 0.6) is 0 Å². The number of carbonyl (C=O) groups excluding carboxylic acids is 1. The van der Waals surface area contributed by atoms with E-state index in [0.29, 0.717) is 32.4 Å². The molecule has 1 fully saturated rings. The van der Waals surface area contributed by atoms with Crippen LogP contribution >= 0.6 is 11.6 Å². The van der Waals surface area contributed by atoms with Crippen molar-refractivity contribution in [3.05, 3.63) is 34.4 Å². The molecule has 17 heavy (non-hydrogen) atoms. The number of hydrogen-bond donors (Lipinski definition) is 0. The first-order chi connectivity index (χ1) is 8.09. The van der Waals surface area contributed by atoms with Crippen LogP contribution in [0.1, 0.15) is 10.4 Å². The number of amides is 1. The van der Waals surface area contributed by atoms with Crippen molar-refractivity contribution >= 4 is 17.5 Å². The number of rotatable bonds is 1. The molecule has 1 aromatic carbocycles. The molecule has 1 amide bonds. The quantitative estimate of drug-likeness (QED) is 0.725. The second kappa shape index (κ2) is 4.98. The lowest BCUT2D eigenvalue weighted by atomic mass is 10.1. The van der Waals surface area contributed by atoms with Gasteiger partial charge >= 0.3 is 0 Å². The maximum atomic E-state index is 13.5. The summed E-state index contributed by atoms with van der Waals surface area (Å²) < 4.78 is 31.5. The first kappa shape index (κ1) is 12.3. The van der Waals surface area contributed by atoms with E-state index >= 15 is 0 Å². The molecule has 3 nitrogen and oxygen atoms in total. The molecule has 0 saturated carbocycles. The second-order valence-corrected chi connectivity index (χ2v) is 4.06. The summed E-state index contributed by atoms with van der Waals surface area (Å²) in [7, 11) is 0. The van der Waals surface area contributed by atoms with Gasteiger partial charge in [-0.05, 0) is 6.07 Å². The van der Waals surface area contributed by atoms with Crippen molar-refractivity contribution in [3.63, 3.8) is 0 Å². The minimum Gasteiger partial charge on any atom is -0.378 e. The molecule has 0 bridgehead atoms. The molecule has 0 radical (unpaired) electrons. The van der Waals surface area contributed by atoms with Crippen molar-refractivity contribution in [2.75, 3.05) is 26.3 Å². The number of carbonyl (C=O) groups is 1. The Balaban J connectivity index is 2.26. The molecule has 1 aliphatic heterocycles. The van der Waals surface area contributed by atoms with Gasteiger partial charge in [0, 0.05) is 19.2 Å². The molecule has 0 N–H and O–H groups in total. The molecule has 0 aromatic heterocycles. The first-order valence-corrected chi connectivity index (χ1v) is 5.49. The maximum absolute atomic E-state index is 13.5. The molecule has 92 valence electrons. The fourth-order valence-corrected chi connectivity index (χ4v) is 1.79. The van der Waals surface area contributed by atoms with Crippen LogP contribution < -0.4 is 0 Å². The summed E-state index contributed by atoms with van der Waals surface area (Å²) in [6.45, 7) is 1.63. The maximum Gasteiger partial charge on any atom is 0.257 e. The molecule has 0 spiro atoms. The van der Waals surface area contributed by atoms with Crippen LogP contribution in [0.15, 0.2) is 12.1 Å².